The van der Waals surface area contributed by atoms with Crippen molar-refractivity contribution in [2.24, 2.45) is 0 Å². The Hall–Kier alpha value is -1.82. The number of H-pyrrole nitrogens is 1. The molecule has 2 rings (SSSR count). The summed E-state index contributed by atoms with van der Waals surface area (Å²) in [6, 6.07) is 3.63. The molecule has 0 spiro atoms. The number of nitrogens with one attached hydrogen (secondary N) is 1. The minimum atomic E-state index is -0.215. The molecule has 0 aliphatic carbocycles. The van der Waals surface area contributed by atoms with Crippen molar-refractivity contribution in [1.82, 2.24) is 19.7 Å². The van der Waals surface area contributed by atoms with Crippen molar-refractivity contribution in [3.63, 3.8) is 0 Å². The predicted molar refractivity (Wildman–Crippen MR) is 58.0 cm³/mol. The molecule has 2 aromatic rings. The van der Waals surface area contributed by atoms with E-state index < -0.39 is 0 Å². The van der Waals surface area contributed by atoms with Crippen LogP contribution in [-0.2, 0) is 13.1 Å². The lowest BCUT2D eigenvalue weighted by molar-refractivity contribution is 0.377. The third-order valence-electron chi connectivity index (χ3n) is 2.19. The van der Waals surface area contributed by atoms with E-state index in [4.69, 9.17) is 4.42 Å². The van der Waals surface area contributed by atoms with Gasteiger partial charge in [-0.25, -0.2) is 9.89 Å². The van der Waals surface area contributed by atoms with Gasteiger partial charge in [-0.15, -0.1) is 0 Å². The Morgan fingerprint density at radius 3 is 3.00 bits per heavy atom. The van der Waals surface area contributed by atoms with Crippen LogP contribution in [0.1, 0.15) is 11.6 Å². The summed E-state index contributed by atoms with van der Waals surface area (Å²) in [6.07, 6.45) is 1.59. The lowest BCUT2D eigenvalue weighted by Gasteiger charge is -2.09. The lowest BCUT2D eigenvalue weighted by Crippen LogP contribution is -2.22. The van der Waals surface area contributed by atoms with E-state index in [-0.39, 0.29) is 5.69 Å². The lowest BCUT2D eigenvalue weighted by atomic mass is 10.4. The fourth-order valence-electron chi connectivity index (χ4n) is 1.48. The molecular formula is C10H14N4O2. The Balaban J connectivity index is 2.25. The largest absolute Gasteiger partial charge is 0.467 e. The van der Waals surface area contributed by atoms with Crippen molar-refractivity contribution < 1.29 is 4.42 Å². The van der Waals surface area contributed by atoms with Gasteiger partial charge in [-0.2, -0.15) is 5.10 Å². The summed E-state index contributed by atoms with van der Waals surface area (Å²) in [7, 11) is 3.85. The van der Waals surface area contributed by atoms with Gasteiger partial charge in [0.2, 0.25) is 0 Å². The number of nitrogens with zero attached hydrogens (tertiary/aromatic N) is 3. The maximum absolute atomic E-state index is 11.5. The van der Waals surface area contributed by atoms with Crippen LogP contribution in [0.2, 0.25) is 0 Å². The Kier molecular flexibility index (Phi) is 2.91. The van der Waals surface area contributed by atoms with Gasteiger partial charge in [-0.3, -0.25) is 4.57 Å². The predicted octanol–water partition coefficient (Wildman–Crippen LogP) is 0.274. The molecule has 0 saturated carbocycles. The van der Waals surface area contributed by atoms with Gasteiger partial charge >= 0.3 is 5.69 Å². The zero-order chi connectivity index (χ0) is 11.5. The molecule has 6 nitrogen and oxygen atoms in total. The van der Waals surface area contributed by atoms with Gasteiger partial charge in [0, 0.05) is 0 Å². The maximum atomic E-state index is 11.5. The Morgan fingerprint density at radius 2 is 2.38 bits per heavy atom. The van der Waals surface area contributed by atoms with Crippen LogP contribution >= 0.6 is 0 Å². The van der Waals surface area contributed by atoms with E-state index in [0.717, 1.165) is 5.76 Å². The minimum absolute atomic E-state index is 0.215. The Morgan fingerprint density at radius 1 is 1.56 bits per heavy atom. The monoisotopic (exact) mass is 222 g/mol. The molecule has 0 fully saturated rings. The standard InChI is InChI=1S/C10H14N4O2/c1-13(2)7-9-11-12-10(15)14(9)6-8-4-3-5-16-8/h3-5H,6-7H2,1-2H3,(H,12,15). The average molecular weight is 222 g/mol. The van der Waals surface area contributed by atoms with Crippen LogP contribution in [0.3, 0.4) is 0 Å². The first-order valence-electron chi connectivity index (χ1n) is 4.98. The summed E-state index contributed by atoms with van der Waals surface area (Å²) in [4.78, 5) is 13.5. The van der Waals surface area contributed by atoms with E-state index in [9.17, 15) is 4.79 Å². The number of furan rings is 1. The van der Waals surface area contributed by atoms with E-state index in [1.165, 1.54) is 0 Å². The minimum Gasteiger partial charge on any atom is -0.467 e. The number of aromatic nitrogens is 3. The normalized spacial score (nSPS) is 11.2. The summed E-state index contributed by atoms with van der Waals surface area (Å²) in [6.45, 7) is 1.02. The molecule has 0 amide bonds. The molecule has 2 heterocycles. The first kappa shape index (κ1) is 10.7. The molecule has 0 aromatic carbocycles. The molecule has 0 aliphatic rings. The van der Waals surface area contributed by atoms with Gasteiger partial charge in [-0.05, 0) is 26.2 Å². The number of hydrogen-bond donors (Lipinski definition) is 1. The Bertz CT molecular complexity index is 495. The van der Waals surface area contributed by atoms with Crippen LogP contribution in [-0.4, -0.2) is 33.8 Å². The zero-order valence-corrected chi connectivity index (χ0v) is 9.30. The third kappa shape index (κ3) is 2.22. The van der Waals surface area contributed by atoms with Crippen LogP contribution in [0.25, 0.3) is 0 Å². The highest BCUT2D eigenvalue weighted by Crippen LogP contribution is 2.04. The third-order valence-corrected chi connectivity index (χ3v) is 2.19. The highest BCUT2D eigenvalue weighted by molar-refractivity contribution is 5.00. The maximum Gasteiger partial charge on any atom is 0.343 e. The number of hydrogen-bond acceptors (Lipinski definition) is 4. The van der Waals surface area contributed by atoms with Crippen molar-refractivity contribution in [2.75, 3.05) is 14.1 Å². The van der Waals surface area contributed by atoms with Crippen molar-refractivity contribution in [3.05, 3.63) is 40.5 Å². The highest BCUT2D eigenvalue weighted by atomic mass is 16.3. The molecule has 2 aromatic heterocycles. The van der Waals surface area contributed by atoms with Gasteiger partial charge in [0.15, 0.2) is 0 Å². The second-order valence-corrected chi connectivity index (χ2v) is 3.85. The van der Waals surface area contributed by atoms with E-state index in [0.29, 0.717) is 18.9 Å². The molecule has 1 N–H and O–H groups in total. The molecule has 86 valence electrons. The van der Waals surface area contributed by atoms with Crippen molar-refractivity contribution in [2.45, 2.75) is 13.1 Å². The quantitative estimate of drug-likeness (QED) is 0.806. The van der Waals surface area contributed by atoms with E-state index >= 15 is 0 Å². The summed E-state index contributed by atoms with van der Waals surface area (Å²) in [5, 5.41) is 6.42. The molecule has 0 atom stereocenters. The van der Waals surface area contributed by atoms with Gasteiger partial charge in [0.25, 0.3) is 0 Å². The zero-order valence-electron chi connectivity index (χ0n) is 9.30. The van der Waals surface area contributed by atoms with E-state index in [1.54, 1.807) is 16.9 Å². The average Bonchev–Trinajstić information content (AvgIpc) is 2.82. The van der Waals surface area contributed by atoms with Gasteiger partial charge < -0.3 is 9.32 Å². The second-order valence-electron chi connectivity index (χ2n) is 3.85. The number of aromatic amines is 1. The van der Waals surface area contributed by atoms with Crippen LogP contribution in [0.5, 0.6) is 0 Å². The molecule has 0 unspecified atom stereocenters. The van der Waals surface area contributed by atoms with Crippen LogP contribution in [0.4, 0.5) is 0 Å². The number of rotatable bonds is 4. The summed E-state index contributed by atoms with van der Waals surface area (Å²) in [5.74, 6) is 1.44. The molecule has 0 radical (unpaired) electrons. The molecule has 6 heteroatoms. The summed E-state index contributed by atoms with van der Waals surface area (Å²) < 4.78 is 6.78. The second kappa shape index (κ2) is 4.36. The summed E-state index contributed by atoms with van der Waals surface area (Å²) in [5.41, 5.74) is -0.215. The molecular weight excluding hydrogens is 208 g/mol. The van der Waals surface area contributed by atoms with Crippen molar-refractivity contribution >= 4 is 0 Å². The van der Waals surface area contributed by atoms with Gasteiger partial charge in [0.1, 0.15) is 11.6 Å². The van der Waals surface area contributed by atoms with Crippen molar-refractivity contribution in [3.8, 4) is 0 Å². The highest BCUT2D eigenvalue weighted by Gasteiger charge is 2.10. The molecule has 0 saturated heterocycles. The topological polar surface area (TPSA) is 67.1 Å². The van der Waals surface area contributed by atoms with E-state index in [1.807, 2.05) is 25.1 Å². The van der Waals surface area contributed by atoms with Crippen molar-refractivity contribution in [1.29, 1.82) is 0 Å². The van der Waals surface area contributed by atoms with Crippen LogP contribution < -0.4 is 5.69 Å². The van der Waals surface area contributed by atoms with Crippen LogP contribution in [0, 0.1) is 0 Å². The fourth-order valence-corrected chi connectivity index (χ4v) is 1.48. The van der Waals surface area contributed by atoms with Gasteiger partial charge in [0.05, 0.1) is 19.4 Å². The smallest absolute Gasteiger partial charge is 0.343 e. The first-order chi connectivity index (χ1) is 7.66. The molecule has 0 aliphatic heterocycles. The fraction of sp³-hybridized carbons (Fsp3) is 0.400. The first-order valence-corrected chi connectivity index (χ1v) is 4.98. The molecule has 0 bridgehead atoms. The van der Waals surface area contributed by atoms with Crippen LogP contribution in [0.15, 0.2) is 27.6 Å². The SMILES string of the molecule is CN(C)Cc1n[nH]c(=O)n1Cc1ccco1. The van der Waals surface area contributed by atoms with E-state index in [2.05, 4.69) is 10.2 Å². The Labute approximate surface area is 92.5 Å². The van der Waals surface area contributed by atoms with Gasteiger partial charge in [-0.1, -0.05) is 0 Å². The molecule has 16 heavy (non-hydrogen) atoms. The summed E-state index contributed by atoms with van der Waals surface area (Å²) >= 11 is 0.